The van der Waals surface area contributed by atoms with Crippen molar-refractivity contribution in [3.05, 3.63) is 35.9 Å². The van der Waals surface area contributed by atoms with E-state index >= 15 is 0 Å². The molecule has 0 bridgehead atoms. The molecule has 1 rings (SSSR count). The molecule has 3 atom stereocenters. The summed E-state index contributed by atoms with van der Waals surface area (Å²) in [5.41, 5.74) is 0.803. The minimum absolute atomic E-state index is 0.0624. The second kappa shape index (κ2) is 10.0. The number of benzene rings is 1. The number of hydrogen-bond donors (Lipinski definition) is 4. The van der Waals surface area contributed by atoms with Gasteiger partial charge in [-0.15, -0.1) is 0 Å². The molecule has 142 valence electrons. The van der Waals surface area contributed by atoms with Crippen LogP contribution in [0.3, 0.4) is 0 Å². The fourth-order valence-electron chi connectivity index (χ4n) is 1.81. The van der Waals surface area contributed by atoms with Crippen LogP contribution in [0.15, 0.2) is 30.3 Å². The zero-order chi connectivity index (χ0) is 19.7. The van der Waals surface area contributed by atoms with E-state index in [0.29, 0.717) is 0 Å². The summed E-state index contributed by atoms with van der Waals surface area (Å²) >= 11 is 0. The molecule has 0 spiro atoms. The molecular formula is C17H23N3O6. The van der Waals surface area contributed by atoms with Crippen LogP contribution in [0.4, 0.5) is 4.79 Å². The number of amides is 3. The van der Waals surface area contributed by atoms with E-state index in [1.807, 2.05) is 18.2 Å². The van der Waals surface area contributed by atoms with Crippen LogP contribution >= 0.6 is 0 Å². The second-order valence-electron chi connectivity index (χ2n) is 5.73. The molecule has 1 aromatic rings. The summed E-state index contributed by atoms with van der Waals surface area (Å²) in [7, 11) is 0. The number of hydrogen-bond acceptors (Lipinski definition) is 5. The molecule has 26 heavy (non-hydrogen) atoms. The predicted octanol–water partition coefficient (Wildman–Crippen LogP) is 0.395. The number of carbonyl (C=O) groups excluding carboxylic acids is 3. The van der Waals surface area contributed by atoms with Crippen molar-refractivity contribution in [2.45, 2.75) is 45.5 Å². The summed E-state index contributed by atoms with van der Waals surface area (Å²) in [5, 5.41) is 15.7. The summed E-state index contributed by atoms with van der Waals surface area (Å²) in [6.45, 7) is 4.21. The smallest absolute Gasteiger partial charge is 0.408 e. The molecule has 0 aliphatic rings. The number of alkyl carbamates (subject to hydrolysis) is 1. The van der Waals surface area contributed by atoms with Gasteiger partial charge in [-0.25, -0.2) is 4.79 Å². The van der Waals surface area contributed by atoms with E-state index in [9.17, 15) is 19.2 Å². The highest BCUT2D eigenvalue weighted by Crippen LogP contribution is 2.00. The van der Waals surface area contributed by atoms with Gasteiger partial charge >= 0.3 is 12.1 Å². The summed E-state index contributed by atoms with van der Waals surface area (Å²) in [5.74, 6) is -2.44. The van der Waals surface area contributed by atoms with Crippen LogP contribution in [0.25, 0.3) is 0 Å². The Bertz CT molecular complexity index is 649. The number of rotatable bonds is 8. The van der Waals surface area contributed by atoms with Crippen molar-refractivity contribution in [3.8, 4) is 0 Å². The summed E-state index contributed by atoms with van der Waals surface area (Å²) in [4.78, 5) is 46.2. The van der Waals surface area contributed by atoms with Gasteiger partial charge in [0.15, 0.2) is 0 Å². The van der Waals surface area contributed by atoms with E-state index in [-0.39, 0.29) is 6.61 Å². The van der Waals surface area contributed by atoms with Gasteiger partial charge in [-0.1, -0.05) is 30.3 Å². The predicted molar refractivity (Wildman–Crippen MR) is 92.1 cm³/mol. The Labute approximate surface area is 151 Å². The molecular weight excluding hydrogens is 342 g/mol. The quantitative estimate of drug-likeness (QED) is 0.527. The average molecular weight is 365 g/mol. The van der Waals surface area contributed by atoms with Gasteiger partial charge in [0, 0.05) is 0 Å². The zero-order valence-corrected chi connectivity index (χ0v) is 14.8. The van der Waals surface area contributed by atoms with Crippen molar-refractivity contribution in [1.29, 1.82) is 0 Å². The lowest BCUT2D eigenvalue weighted by atomic mass is 10.2. The number of ether oxygens (including phenoxy) is 1. The minimum Gasteiger partial charge on any atom is -0.480 e. The van der Waals surface area contributed by atoms with Crippen molar-refractivity contribution in [3.63, 3.8) is 0 Å². The average Bonchev–Trinajstić information content (AvgIpc) is 2.60. The van der Waals surface area contributed by atoms with Crippen molar-refractivity contribution in [2.75, 3.05) is 0 Å². The van der Waals surface area contributed by atoms with Gasteiger partial charge < -0.3 is 25.8 Å². The molecule has 0 aliphatic heterocycles. The van der Waals surface area contributed by atoms with Crippen LogP contribution in [0.5, 0.6) is 0 Å². The first kappa shape index (κ1) is 20.9. The van der Waals surface area contributed by atoms with E-state index in [1.165, 1.54) is 20.8 Å². The first-order valence-corrected chi connectivity index (χ1v) is 8.01. The number of carboxylic acids is 1. The van der Waals surface area contributed by atoms with Crippen molar-refractivity contribution >= 4 is 23.9 Å². The van der Waals surface area contributed by atoms with Crippen molar-refractivity contribution in [1.82, 2.24) is 16.0 Å². The summed E-state index contributed by atoms with van der Waals surface area (Å²) in [6, 6.07) is 6.06. The van der Waals surface area contributed by atoms with Crippen LogP contribution < -0.4 is 16.0 Å². The SMILES string of the molecule is CC(NC(=O)C(C)NC(=O)C(C)NC(=O)OCc1ccccc1)C(=O)O. The lowest BCUT2D eigenvalue weighted by Crippen LogP contribution is -2.53. The topological polar surface area (TPSA) is 134 Å². The molecule has 0 heterocycles. The zero-order valence-electron chi connectivity index (χ0n) is 14.8. The monoisotopic (exact) mass is 365 g/mol. The standard InChI is InChI=1S/C17H23N3O6/c1-10(14(21)19-12(3)16(23)24)18-15(22)11(2)20-17(25)26-9-13-7-5-4-6-8-13/h4-8,10-12H,9H2,1-3H3,(H,18,22)(H,19,21)(H,20,25)(H,23,24). The highest BCUT2D eigenvalue weighted by molar-refractivity contribution is 5.92. The maximum atomic E-state index is 12.0. The molecule has 0 fully saturated rings. The van der Waals surface area contributed by atoms with E-state index in [1.54, 1.807) is 12.1 Å². The summed E-state index contributed by atoms with van der Waals surface area (Å²) in [6.07, 6.45) is -0.770. The lowest BCUT2D eigenvalue weighted by Gasteiger charge is -2.19. The van der Waals surface area contributed by atoms with Crippen molar-refractivity contribution in [2.24, 2.45) is 0 Å². The number of carbonyl (C=O) groups is 4. The summed E-state index contributed by atoms with van der Waals surface area (Å²) < 4.78 is 5.01. The molecule has 1 aromatic carbocycles. The van der Waals surface area contributed by atoms with Crippen molar-refractivity contribution < 1.29 is 29.0 Å². The Balaban J connectivity index is 2.40. The normalized spacial score (nSPS) is 13.7. The Kier molecular flexibility index (Phi) is 8.07. The number of aliphatic carboxylic acids is 1. The first-order chi connectivity index (χ1) is 12.2. The van der Waals surface area contributed by atoms with E-state index in [0.717, 1.165) is 5.56 Å². The van der Waals surface area contributed by atoms with Gasteiger partial charge in [-0.05, 0) is 26.3 Å². The molecule has 3 amide bonds. The van der Waals surface area contributed by atoms with Gasteiger partial charge in [0.25, 0.3) is 0 Å². The molecule has 3 unspecified atom stereocenters. The Morgan fingerprint density at radius 3 is 1.92 bits per heavy atom. The maximum absolute atomic E-state index is 12.0. The maximum Gasteiger partial charge on any atom is 0.408 e. The van der Waals surface area contributed by atoms with Gasteiger partial charge in [0.1, 0.15) is 24.7 Å². The van der Waals surface area contributed by atoms with Crippen LogP contribution in [-0.4, -0.2) is 47.1 Å². The third-order valence-electron chi connectivity index (χ3n) is 3.42. The fourth-order valence-corrected chi connectivity index (χ4v) is 1.81. The van der Waals surface area contributed by atoms with E-state index < -0.39 is 42.0 Å². The Morgan fingerprint density at radius 1 is 0.885 bits per heavy atom. The molecule has 9 heteroatoms. The van der Waals surface area contributed by atoms with Gasteiger partial charge in [0.2, 0.25) is 11.8 Å². The second-order valence-corrected chi connectivity index (χ2v) is 5.73. The van der Waals surface area contributed by atoms with Crippen LogP contribution in [0, 0.1) is 0 Å². The van der Waals surface area contributed by atoms with E-state index in [2.05, 4.69) is 16.0 Å². The molecule has 9 nitrogen and oxygen atoms in total. The lowest BCUT2D eigenvalue weighted by molar-refractivity contribution is -0.141. The fraction of sp³-hybridized carbons (Fsp3) is 0.412. The first-order valence-electron chi connectivity index (χ1n) is 8.01. The molecule has 0 saturated heterocycles. The Hall–Kier alpha value is -3.10. The minimum atomic E-state index is -1.19. The molecule has 0 aromatic heterocycles. The molecule has 0 saturated carbocycles. The van der Waals surface area contributed by atoms with Crippen LogP contribution in [0.1, 0.15) is 26.3 Å². The molecule has 0 aliphatic carbocycles. The van der Waals surface area contributed by atoms with Crippen LogP contribution in [0.2, 0.25) is 0 Å². The van der Waals surface area contributed by atoms with Gasteiger partial charge in [0.05, 0.1) is 0 Å². The van der Waals surface area contributed by atoms with Gasteiger partial charge in [-0.2, -0.15) is 0 Å². The number of carboxylic acid groups (broad SMARTS) is 1. The molecule has 0 radical (unpaired) electrons. The highest BCUT2D eigenvalue weighted by Gasteiger charge is 2.23. The molecule has 4 N–H and O–H groups in total. The van der Waals surface area contributed by atoms with E-state index in [4.69, 9.17) is 9.84 Å². The third kappa shape index (κ3) is 7.20. The van der Waals surface area contributed by atoms with Gasteiger partial charge in [-0.3, -0.25) is 14.4 Å². The number of nitrogens with one attached hydrogen (secondary N) is 3. The highest BCUT2D eigenvalue weighted by atomic mass is 16.5. The Morgan fingerprint density at radius 2 is 1.38 bits per heavy atom. The van der Waals surface area contributed by atoms with Crippen LogP contribution in [-0.2, 0) is 25.7 Å². The third-order valence-corrected chi connectivity index (χ3v) is 3.42. The largest absolute Gasteiger partial charge is 0.480 e.